The van der Waals surface area contributed by atoms with Gasteiger partial charge >= 0.3 is 0 Å². The Balaban J connectivity index is 2.16. The molecule has 9 nitrogen and oxygen atoms in total. The Morgan fingerprint density at radius 2 is 2.18 bits per heavy atom. The predicted octanol–water partition coefficient (Wildman–Crippen LogP) is -0.508. The van der Waals surface area contributed by atoms with Crippen molar-refractivity contribution in [3.63, 3.8) is 0 Å². The zero-order valence-corrected chi connectivity index (χ0v) is 12.4. The number of ether oxygens (including phenoxy) is 3. The van der Waals surface area contributed by atoms with Crippen molar-refractivity contribution in [2.24, 2.45) is 0 Å². The van der Waals surface area contributed by atoms with Gasteiger partial charge in [0.25, 0.3) is 5.56 Å². The van der Waals surface area contributed by atoms with Gasteiger partial charge in [0.15, 0.2) is 18.2 Å². The molecule has 0 spiro atoms. The van der Waals surface area contributed by atoms with Gasteiger partial charge in [0, 0.05) is 20.4 Å². The van der Waals surface area contributed by atoms with Crippen LogP contribution in [0.3, 0.4) is 0 Å². The number of H-pyrrole nitrogens is 1. The fourth-order valence-electron chi connectivity index (χ4n) is 2.84. The van der Waals surface area contributed by atoms with E-state index in [0.717, 1.165) is 5.56 Å². The number of nitrogens with one attached hydrogen (secondary N) is 1. The number of aryl methyl sites for hydroxylation is 1. The molecule has 1 saturated heterocycles. The smallest absolute Gasteiger partial charge is 0.262 e. The zero-order valence-electron chi connectivity index (χ0n) is 12.4. The van der Waals surface area contributed by atoms with Gasteiger partial charge in [0.05, 0.1) is 5.39 Å². The molecule has 9 heteroatoms. The summed E-state index contributed by atoms with van der Waals surface area (Å²) >= 11 is 0. The quantitative estimate of drug-likeness (QED) is 0.697. The van der Waals surface area contributed by atoms with Crippen molar-refractivity contribution >= 4 is 17.0 Å². The second-order valence-electron chi connectivity index (χ2n) is 5.19. The number of rotatable bonds is 3. The molecule has 0 aliphatic carbocycles. The normalized spacial score (nSPS) is 28.5. The number of aromatic nitrogens is 3. The van der Waals surface area contributed by atoms with E-state index in [1.54, 1.807) is 17.7 Å². The van der Waals surface area contributed by atoms with Crippen LogP contribution in [-0.4, -0.2) is 52.4 Å². The van der Waals surface area contributed by atoms with E-state index in [2.05, 4.69) is 9.97 Å². The second kappa shape index (κ2) is 5.36. The number of hydrogen-bond donors (Lipinski definition) is 3. The number of nitrogen functional groups attached to an aromatic ring is 1. The fourth-order valence-corrected chi connectivity index (χ4v) is 2.84. The van der Waals surface area contributed by atoms with Crippen LogP contribution in [0, 0.1) is 6.92 Å². The molecule has 4 N–H and O–H groups in total. The number of methoxy groups -OCH3 is 2. The Bertz CT molecular complexity index is 755. The minimum absolute atomic E-state index is 0.00709. The summed E-state index contributed by atoms with van der Waals surface area (Å²) in [7, 11) is 2.90. The average molecular weight is 310 g/mol. The van der Waals surface area contributed by atoms with E-state index in [1.807, 2.05) is 0 Å². The summed E-state index contributed by atoms with van der Waals surface area (Å²) in [4.78, 5) is 18.7. The van der Waals surface area contributed by atoms with E-state index < -0.39 is 24.7 Å². The lowest BCUT2D eigenvalue weighted by Crippen LogP contribution is -2.34. The lowest BCUT2D eigenvalue weighted by Gasteiger charge is -2.20. The number of aliphatic hydroxyl groups excluding tert-OH is 1. The summed E-state index contributed by atoms with van der Waals surface area (Å²) in [6, 6.07) is 0. The van der Waals surface area contributed by atoms with E-state index in [4.69, 9.17) is 19.9 Å². The minimum atomic E-state index is -0.961. The van der Waals surface area contributed by atoms with Crippen LogP contribution in [0.4, 0.5) is 5.95 Å². The molecule has 2 unspecified atom stereocenters. The number of fused-ring (bicyclic) bond motifs is 1. The van der Waals surface area contributed by atoms with Crippen LogP contribution in [0.1, 0.15) is 11.8 Å². The second-order valence-corrected chi connectivity index (χ2v) is 5.19. The van der Waals surface area contributed by atoms with E-state index >= 15 is 0 Å². The standard InChI is InChI=1S/C13H18N4O5/c1-5-4-17(9-6(5)10(19)16-13(14)15-9)11-8(20-2)7(18)12(21-3)22-11/h4,7-8,11-12,18H,1-3H3,(H3,14,15,16,19)/t7?,8?,11-,12+/m1/s1. The van der Waals surface area contributed by atoms with Gasteiger partial charge in [0.1, 0.15) is 12.2 Å². The van der Waals surface area contributed by atoms with Gasteiger partial charge in [-0.1, -0.05) is 0 Å². The van der Waals surface area contributed by atoms with E-state index in [1.165, 1.54) is 14.2 Å². The topological polar surface area (TPSA) is 125 Å². The Hall–Kier alpha value is -1.94. The summed E-state index contributed by atoms with van der Waals surface area (Å²) in [5.74, 6) is 0.00709. The lowest BCUT2D eigenvalue weighted by molar-refractivity contribution is -0.160. The molecule has 1 aliphatic rings. The molecule has 3 rings (SSSR count). The van der Waals surface area contributed by atoms with Crippen LogP contribution < -0.4 is 11.3 Å². The summed E-state index contributed by atoms with van der Waals surface area (Å²) in [6.45, 7) is 1.78. The third-order valence-corrected chi connectivity index (χ3v) is 3.84. The molecule has 3 heterocycles. The summed E-state index contributed by atoms with van der Waals surface area (Å²) in [5, 5.41) is 10.6. The molecule has 2 aromatic heterocycles. The maximum atomic E-state index is 12.0. The highest BCUT2D eigenvalue weighted by atomic mass is 16.7. The number of nitrogens with zero attached hydrogens (tertiary/aromatic N) is 2. The first-order chi connectivity index (χ1) is 10.5. The van der Waals surface area contributed by atoms with Crippen molar-refractivity contribution in [2.45, 2.75) is 31.6 Å². The summed E-state index contributed by atoms with van der Waals surface area (Å²) in [5.41, 5.74) is 6.39. The van der Waals surface area contributed by atoms with Crippen LogP contribution in [0.15, 0.2) is 11.0 Å². The molecule has 0 saturated carbocycles. The van der Waals surface area contributed by atoms with Gasteiger partial charge in [-0.05, 0) is 12.5 Å². The number of aliphatic hydroxyl groups is 1. The van der Waals surface area contributed by atoms with Crippen molar-refractivity contribution in [1.82, 2.24) is 14.5 Å². The van der Waals surface area contributed by atoms with Crippen LogP contribution in [0.5, 0.6) is 0 Å². The Morgan fingerprint density at radius 3 is 2.82 bits per heavy atom. The first-order valence-corrected chi connectivity index (χ1v) is 6.74. The Morgan fingerprint density at radius 1 is 1.45 bits per heavy atom. The monoisotopic (exact) mass is 310 g/mol. The first-order valence-electron chi connectivity index (χ1n) is 6.74. The van der Waals surface area contributed by atoms with E-state index in [9.17, 15) is 9.90 Å². The Labute approximate surface area is 125 Å². The molecule has 0 aromatic carbocycles. The van der Waals surface area contributed by atoms with Crippen LogP contribution in [-0.2, 0) is 14.2 Å². The maximum absolute atomic E-state index is 12.0. The highest BCUT2D eigenvalue weighted by molar-refractivity contribution is 5.80. The molecule has 0 radical (unpaired) electrons. The van der Waals surface area contributed by atoms with Crippen molar-refractivity contribution in [2.75, 3.05) is 20.0 Å². The Kier molecular flexibility index (Phi) is 3.65. The van der Waals surface area contributed by atoms with Crippen molar-refractivity contribution < 1.29 is 19.3 Å². The molecule has 120 valence electrons. The average Bonchev–Trinajstić information content (AvgIpc) is 2.96. The summed E-state index contributed by atoms with van der Waals surface area (Å²) in [6.07, 6.45) is -1.42. The molecule has 1 fully saturated rings. The van der Waals surface area contributed by atoms with Crippen LogP contribution >= 0.6 is 0 Å². The predicted molar refractivity (Wildman–Crippen MR) is 77.2 cm³/mol. The van der Waals surface area contributed by atoms with Gasteiger partial charge in [0.2, 0.25) is 5.95 Å². The summed E-state index contributed by atoms with van der Waals surface area (Å²) < 4.78 is 17.7. The SMILES string of the molecule is COC1C(O)[C@@H](OC)O[C@H]1n1cc(C)c2c(=O)[nH]c(N)nc21. The third-order valence-electron chi connectivity index (χ3n) is 3.84. The molecule has 0 bridgehead atoms. The first kappa shape index (κ1) is 15.0. The number of nitrogens with two attached hydrogens (primary N) is 1. The van der Waals surface area contributed by atoms with Crippen LogP contribution in [0.2, 0.25) is 0 Å². The maximum Gasteiger partial charge on any atom is 0.262 e. The van der Waals surface area contributed by atoms with Crippen LogP contribution in [0.25, 0.3) is 11.0 Å². The lowest BCUT2D eigenvalue weighted by atomic mass is 10.2. The van der Waals surface area contributed by atoms with Gasteiger partial charge in [-0.15, -0.1) is 0 Å². The molecule has 0 amide bonds. The zero-order chi connectivity index (χ0) is 16.0. The van der Waals surface area contributed by atoms with Crippen molar-refractivity contribution in [3.05, 3.63) is 22.1 Å². The van der Waals surface area contributed by atoms with Gasteiger partial charge in [-0.2, -0.15) is 4.98 Å². The van der Waals surface area contributed by atoms with E-state index in [0.29, 0.717) is 11.0 Å². The van der Waals surface area contributed by atoms with Gasteiger partial charge in [-0.25, -0.2) is 0 Å². The molecular weight excluding hydrogens is 292 g/mol. The number of aromatic amines is 1. The highest BCUT2D eigenvalue weighted by Crippen LogP contribution is 2.34. The fraction of sp³-hybridized carbons (Fsp3) is 0.538. The minimum Gasteiger partial charge on any atom is -0.385 e. The van der Waals surface area contributed by atoms with Crippen molar-refractivity contribution in [3.8, 4) is 0 Å². The van der Waals surface area contributed by atoms with E-state index in [-0.39, 0.29) is 11.5 Å². The highest BCUT2D eigenvalue weighted by Gasteiger charge is 2.46. The molecular formula is C13H18N4O5. The number of hydrogen-bond acceptors (Lipinski definition) is 7. The number of anilines is 1. The third kappa shape index (κ3) is 2.10. The van der Waals surface area contributed by atoms with Gasteiger partial charge in [-0.3, -0.25) is 9.78 Å². The molecule has 2 aromatic rings. The molecule has 4 atom stereocenters. The largest absolute Gasteiger partial charge is 0.385 e. The molecule has 22 heavy (non-hydrogen) atoms. The van der Waals surface area contributed by atoms with Gasteiger partial charge < -0.3 is 29.6 Å². The molecule has 1 aliphatic heterocycles. The van der Waals surface area contributed by atoms with Crippen molar-refractivity contribution in [1.29, 1.82) is 0 Å².